The van der Waals surface area contributed by atoms with Gasteiger partial charge in [-0.2, -0.15) is 5.10 Å². The molecular formula is C12H16N4O3. The summed E-state index contributed by atoms with van der Waals surface area (Å²) >= 11 is 0. The molecule has 0 fully saturated rings. The van der Waals surface area contributed by atoms with Crippen molar-refractivity contribution in [1.29, 1.82) is 0 Å². The Morgan fingerprint density at radius 3 is 3.05 bits per heavy atom. The smallest absolute Gasteiger partial charge is 0.323 e. The molecule has 0 atom stereocenters. The number of methoxy groups -OCH3 is 1. The second-order valence-electron chi connectivity index (χ2n) is 4.17. The van der Waals surface area contributed by atoms with Gasteiger partial charge >= 0.3 is 5.97 Å². The highest BCUT2D eigenvalue weighted by atomic mass is 16.5. The summed E-state index contributed by atoms with van der Waals surface area (Å²) in [5.74, 6) is -0.307. The molecular weight excluding hydrogens is 248 g/mol. The molecule has 2 rings (SSSR count). The van der Waals surface area contributed by atoms with Gasteiger partial charge in [-0.3, -0.25) is 4.79 Å². The highest BCUT2D eigenvalue weighted by Gasteiger charge is 2.16. The summed E-state index contributed by atoms with van der Waals surface area (Å²) in [6, 6.07) is 1.88. The molecule has 2 aromatic heterocycles. The summed E-state index contributed by atoms with van der Waals surface area (Å²) in [4.78, 5) is 16.9. The molecule has 0 aliphatic heterocycles. The zero-order valence-corrected chi connectivity index (χ0v) is 10.9. The van der Waals surface area contributed by atoms with Crippen LogP contribution in [0.25, 0.3) is 5.52 Å². The lowest BCUT2D eigenvalue weighted by Gasteiger charge is -2.21. The number of carboxylic acid groups (broad SMARTS) is 1. The van der Waals surface area contributed by atoms with Crippen LogP contribution in [-0.2, 0) is 9.53 Å². The molecule has 7 nitrogen and oxygen atoms in total. The van der Waals surface area contributed by atoms with Crippen molar-refractivity contribution in [2.75, 3.05) is 31.7 Å². The number of carboxylic acids is 1. The van der Waals surface area contributed by atoms with Gasteiger partial charge in [0, 0.05) is 26.0 Å². The molecule has 7 heteroatoms. The fourth-order valence-corrected chi connectivity index (χ4v) is 1.90. The highest BCUT2D eigenvalue weighted by molar-refractivity contribution is 5.77. The number of anilines is 1. The van der Waals surface area contributed by atoms with Gasteiger partial charge in [-0.25, -0.2) is 9.50 Å². The third-order valence-electron chi connectivity index (χ3n) is 2.68. The summed E-state index contributed by atoms with van der Waals surface area (Å²) in [6.07, 6.45) is 3.34. The number of hydrogen-bond acceptors (Lipinski definition) is 5. The van der Waals surface area contributed by atoms with Crippen LogP contribution in [-0.4, -0.2) is 52.5 Å². The molecule has 2 aromatic rings. The molecule has 0 spiro atoms. The number of aromatic nitrogens is 3. The Morgan fingerprint density at radius 2 is 2.37 bits per heavy atom. The Balaban J connectivity index is 2.39. The van der Waals surface area contributed by atoms with E-state index in [0.29, 0.717) is 19.0 Å². The first-order valence-electron chi connectivity index (χ1n) is 5.88. The average Bonchev–Trinajstić information content (AvgIpc) is 2.74. The summed E-state index contributed by atoms with van der Waals surface area (Å²) in [5.41, 5.74) is 1.65. The maximum Gasteiger partial charge on any atom is 0.323 e. The van der Waals surface area contributed by atoms with E-state index in [-0.39, 0.29) is 6.54 Å². The van der Waals surface area contributed by atoms with Crippen LogP contribution in [0.3, 0.4) is 0 Å². The van der Waals surface area contributed by atoms with Crippen molar-refractivity contribution in [3.05, 3.63) is 24.2 Å². The maximum absolute atomic E-state index is 11.0. The lowest BCUT2D eigenvalue weighted by molar-refractivity contribution is -0.135. The number of hydrogen-bond donors (Lipinski definition) is 1. The van der Waals surface area contributed by atoms with E-state index in [9.17, 15) is 4.79 Å². The SMILES string of the molecule is COCCN(CC(=O)O)c1nccn2nc(C)cc12. The number of nitrogens with zero attached hydrogens (tertiary/aromatic N) is 4. The third-order valence-corrected chi connectivity index (χ3v) is 2.68. The quantitative estimate of drug-likeness (QED) is 0.822. The van der Waals surface area contributed by atoms with E-state index in [2.05, 4.69) is 10.1 Å². The largest absolute Gasteiger partial charge is 0.480 e. The van der Waals surface area contributed by atoms with E-state index in [1.807, 2.05) is 13.0 Å². The Kier molecular flexibility index (Phi) is 3.96. The second kappa shape index (κ2) is 5.66. The average molecular weight is 264 g/mol. The summed E-state index contributed by atoms with van der Waals surface area (Å²) in [5, 5.41) is 13.3. The topological polar surface area (TPSA) is 80.0 Å². The summed E-state index contributed by atoms with van der Waals surface area (Å²) in [7, 11) is 1.58. The molecule has 0 amide bonds. The van der Waals surface area contributed by atoms with Crippen molar-refractivity contribution < 1.29 is 14.6 Å². The Hall–Kier alpha value is -2.15. The van der Waals surface area contributed by atoms with E-state index in [1.54, 1.807) is 28.9 Å². The van der Waals surface area contributed by atoms with Crippen LogP contribution in [0.15, 0.2) is 18.5 Å². The minimum absolute atomic E-state index is 0.125. The van der Waals surface area contributed by atoms with Gasteiger partial charge in [0.1, 0.15) is 12.1 Å². The third kappa shape index (κ3) is 3.00. The Labute approximate surface area is 110 Å². The normalized spacial score (nSPS) is 10.8. The first-order valence-corrected chi connectivity index (χ1v) is 5.88. The van der Waals surface area contributed by atoms with Gasteiger partial charge in [0.25, 0.3) is 0 Å². The van der Waals surface area contributed by atoms with Gasteiger partial charge in [0.15, 0.2) is 5.82 Å². The Morgan fingerprint density at radius 1 is 1.58 bits per heavy atom. The second-order valence-corrected chi connectivity index (χ2v) is 4.17. The van der Waals surface area contributed by atoms with Crippen LogP contribution >= 0.6 is 0 Å². The molecule has 0 unspecified atom stereocenters. The predicted octanol–water partition coefficient (Wildman–Crippen LogP) is 0.575. The molecule has 0 aromatic carbocycles. The minimum Gasteiger partial charge on any atom is -0.480 e. The van der Waals surface area contributed by atoms with E-state index < -0.39 is 5.97 Å². The van der Waals surface area contributed by atoms with Crippen LogP contribution in [0.1, 0.15) is 5.69 Å². The molecule has 2 heterocycles. The molecule has 0 radical (unpaired) electrons. The lowest BCUT2D eigenvalue weighted by atomic mass is 10.3. The molecule has 102 valence electrons. The van der Waals surface area contributed by atoms with E-state index in [1.165, 1.54) is 0 Å². The standard InChI is InChI=1S/C12H16N4O3/c1-9-7-10-12(13-3-4-16(10)14-9)15(5-6-19-2)8-11(17)18/h3-4,7H,5-6,8H2,1-2H3,(H,17,18). The zero-order chi connectivity index (χ0) is 13.8. The lowest BCUT2D eigenvalue weighted by Crippen LogP contribution is -2.33. The van der Waals surface area contributed by atoms with Gasteiger partial charge < -0.3 is 14.7 Å². The van der Waals surface area contributed by atoms with Crippen molar-refractivity contribution in [3.8, 4) is 0 Å². The first-order chi connectivity index (χ1) is 9.11. The van der Waals surface area contributed by atoms with Crippen molar-refractivity contribution >= 4 is 17.3 Å². The predicted molar refractivity (Wildman–Crippen MR) is 69.4 cm³/mol. The summed E-state index contributed by atoms with van der Waals surface area (Å²) < 4.78 is 6.70. The number of ether oxygens (including phenoxy) is 1. The van der Waals surface area contributed by atoms with Crippen molar-refractivity contribution in [1.82, 2.24) is 14.6 Å². The van der Waals surface area contributed by atoms with Crippen LogP contribution in [0.4, 0.5) is 5.82 Å². The first kappa shape index (κ1) is 13.3. The molecule has 0 aliphatic carbocycles. The molecule has 19 heavy (non-hydrogen) atoms. The van der Waals surface area contributed by atoms with E-state index in [4.69, 9.17) is 9.84 Å². The van der Waals surface area contributed by atoms with Gasteiger partial charge in [-0.05, 0) is 13.0 Å². The van der Waals surface area contributed by atoms with E-state index >= 15 is 0 Å². The fraction of sp³-hybridized carbons (Fsp3) is 0.417. The monoisotopic (exact) mass is 264 g/mol. The summed E-state index contributed by atoms with van der Waals surface area (Å²) in [6.45, 7) is 2.65. The van der Waals surface area contributed by atoms with Crippen molar-refractivity contribution in [2.45, 2.75) is 6.92 Å². The van der Waals surface area contributed by atoms with Crippen LogP contribution in [0, 0.1) is 6.92 Å². The molecule has 0 saturated carbocycles. The van der Waals surface area contributed by atoms with E-state index in [0.717, 1.165) is 11.2 Å². The van der Waals surface area contributed by atoms with Gasteiger partial charge in [-0.1, -0.05) is 0 Å². The van der Waals surface area contributed by atoms with Crippen LogP contribution in [0.5, 0.6) is 0 Å². The molecule has 1 N–H and O–H groups in total. The zero-order valence-electron chi connectivity index (χ0n) is 10.9. The fourth-order valence-electron chi connectivity index (χ4n) is 1.90. The number of aryl methyl sites for hydroxylation is 1. The highest BCUT2D eigenvalue weighted by Crippen LogP contribution is 2.19. The van der Waals surface area contributed by atoms with Crippen LogP contribution < -0.4 is 4.90 Å². The number of carbonyl (C=O) groups is 1. The number of rotatable bonds is 6. The van der Waals surface area contributed by atoms with Crippen molar-refractivity contribution in [3.63, 3.8) is 0 Å². The number of fused-ring (bicyclic) bond motifs is 1. The number of aliphatic carboxylic acids is 1. The van der Waals surface area contributed by atoms with Crippen LogP contribution in [0.2, 0.25) is 0 Å². The van der Waals surface area contributed by atoms with Gasteiger partial charge in [0.2, 0.25) is 0 Å². The van der Waals surface area contributed by atoms with Gasteiger partial charge in [-0.15, -0.1) is 0 Å². The minimum atomic E-state index is -0.906. The van der Waals surface area contributed by atoms with Gasteiger partial charge in [0.05, 0.1) is 12.3 Å². The molecule has 0 saturated heterocycles. The Bertz CT molecular complexity index is 581. The van der Waals surface area contributed by atoms with Crippen molar-refractivity contribution in [2.24, 2.45) is 0 Å². The molecule has 0 aliphatic rings. The molecule has 0 bridgehead atoms. The maximum atomic E-state index is 11.0.